The topological polar surface area (TPSA) is 38.5 Å². The maximum Gasteiger partial charge on any atom is 0.126 e. The molecule has 4 heteroatoms. The molecule has 0 radical (unpaired) electrons. The molecule has 1 aromatic carbocycles. The van der Waals surface area contributed by atoms with Crippen LogP contribution in [0, 0.1) is 12.7 Å². The highest BCUT2D eigenvalue weighted by Gasteiger charge is 2.27. The van der Waals surface area contributed by atoms with E-state index in [-0.39, 0.29) is 18.0 Å². The second-order valence-electron chi connectivity index (χ2n) is 5.82. The second kappa shape index (κ2) is 6.66. The molecule has 1 heterocycles. The molecule has 0 amide bonds. The van der Waals surface area contributed by atoms with Gasteiger partial charge in [-0.2, -0.15) is 0 Å². The summed E-state index contributed by atoms with van der Waals surface area (Å²) >= 11 is 0. The first kappa shape index (κ1) is 15.4. The standard InChI is InChI=1S/C16H25FN2O/c1-11-4-5-13(10-14(11)17)15(18)6-8-19(3)16-7-9-20-12(16)2/h4-5,10,12,15-16H,6-9,18H2,1-3H3. The van der Waals surface area contributed by atoms with Gasteiger partial charge in [-0.05, 0) is 50.9 Å². The van der Waals surface area contributed by atoms with E-state index in [0.717, 1.165) is 31.6 Å². The Morgan fingerprint density at radius 1 is 1.50 bits per heavy atom. The zero-order chi connectivity index (χ0) is 14.7. The molecule has 3 atom stereocenters. The van der Waals surface area contributed by atoms with Crippen molar-refractivity contribution in [2.45, 2.75) is 44.9 Å². The van der Waals surface area contributed by atoms with Gasteiger partial charge in [0.15, 0.2) is 0 Å². The van der Waals surface area contributed by atoms with E-state index >= 15 is 0 Å². The van der Waals surface area contributed by atoms with Crippen molar-refractivity contribution in [2.75, 3.05) is 20.2 Å². The van der Waals surface area contributed by atoms with Crippen LogP contribution in [-0.4, -0.2) is 37.2 Å². The fraction of sp³-hybridized carbons (Fsp3) is 0.625. The van der Waals surface area contributed by atoms with Crippen LogP contribution in [0.1, 0.15) is 36.9 Å². The van der Waals surface area contributed by atoms with E-state index in [1.54, 1.807) is 19.1 Å². The summed E-state index contributed by atoms with van der Waals surface area (Å²) in [6.07, 6.45) is 2.18. The molecule has 1 aliphatic heterocycles. The molecule has 1 aliphatic rings. The van der Waals surface area contributed by atoms with Crippen LogP contribution in [0.2, 0.25) is 0 Å². The average molecular weight is 280 g/mol. The molecule has 0 saturated carbocycles. The molecule has 2 rings (SSSR count). The molecule has 0 aromatic heterocycles. The molecule has 0 spiro atoms. The van der Waals surface area contributed by atoms with Gasteiger partial charge in [0, 0.05) is 25.2 Å². The molecule has 3 nitrogen and oxygen atoms in total. The first-order valence-corrected chi connectivity index (χ1v) is 7.32. The lowest BCUT2D eigenvalue weighted by Gasteiger charge is -2.27. The maximum atomic E-state index is 13.6. The molecule has 1 fully saturated rings. The number of hydrogen-bond acceptors (Lipinski definition) is 3. The van der Waals surface area contributed by atoms with E-state index in [1.165, 1.54) is 0 Å². The van der Waals surface area contributed by atoms with Crippen LogP contribution in [-0.2, 0) is 4.74 Å². The Morgan fingerprint density at radius 2 is 2.25 bits per heavy atom. The highest BCUT2D eigenvalue weighted by atomic mass is 19.1. The van der Waals surface area contributed by atoms with Gasteiger partial charge in [-0.15, -0.1) is 0 Å². The van der Waals surface area contributed by atoms with E-state index in [4.69, 9.17) is 10.5 Å². The van der Waals surface area contributed by atoms with Gasteiger partial charge in [-0.3, -0.25) is 0 Å². The monoisotopic (exact) mass is 280 g/mol. The number of nitrogens with two attached hydrogens (primary N) is 1. The fourth-order valence-electron chi connectivity index (χ4n) is 2.81. The Hall–Kier alpha value is -0.970. The Kier molecular flexibility index (Phi) is 5.13. The lowest BCUT2D eigenvalue weighted by molar-refractivity contribution is 0.0827. The summed E-state index contributed by atoms with van der Waals surface area (Å²) in [5.74, 6) is -0.177. The van der Waals surface area contributed by atoms with Gasteiger partial charge >= 0.3 is 0 Å². The first-order chi connectivity index (χ1) is 9.49. The second-order valence-corrected chi connectivity index (χ2v) is 5.82. The minimum atomic E-state index is -0.177. The lowest BCUT2D eigenvalue weighted by Crippen LogP contribution is -2.38. The third-order valence-electron chi connectivity index (χ3n) is 4.32. The van der Waals surface area contributed by atoms with Crippen LogP contribution in [0.4, 0.5) is 4.39 Å². The number of hydrogen-bond donors (Lipinski definition) is 1. The minimum absolute atomic E-state index is 0.120. The Balaban J connectivity index is 1.88. The fourth-order valence-corrected chi connectivity index (χ4v) is 2.81. The molecular weight excluding hydrogens is 255 g/mol. The molecule has 0 bridgehead atoms. The molecule has 1 aromatic rings. The third-order valence-corrected chi connectivity index (χ3v) is 4.32. The van der Waals surface area contributed by atoms with E-state index < -0.39 is 0 Å². The van der Waals surface area contributed by atoms with Crippen LogP contribution in [0.15, 0.2) is 18.2 Å². The number of likely N-dealkylation sites (N-methyl/N-ethyl adjacent to an activating group) is 1. The SMILES string of the molecule is Cc1ccc(C(N)CCN(C)C2CCOC2C)cc1F. The summed E-state index contributed by atoms with van der Waals surface area (Å²) in [7, 11) is 2.11. The summed E-state index contributed by atoms with van der Waals surface area (Å²) in [5, 5.41) is 0. The number of halogens is 1. The van der Waals surface area contributed by atoms with E-state index in [0.29, 0.717) is 11.6 Å². The van der Waals surface area contributed by atoms with Crippen LogP contribution < -0.4 is 5.73 Å². The minimum Gasteiger partial charge on any atom is -0.377 e. The molecular formula is C16H25FN2O. The van der Waals surface area contributed by atoms with Crippen molar-refractivity contribution >= 4 is 0 Å². The van der Waals surface area contributed by atoms with Gasteiger partial charge in [0.1, 0.15) is 5.82 Å². The molecule has 1 saturated heterocycles. The first-order valence-electron chi connectivity index (χ1n) is 7.32. The Labute approximate surface area is 120 Å². The highest BCUT2D eigenvalue weighted by molar-refractivity contribution is 5.25. The molecule has 20 heavy (non-hydrogen) atoms. The Morgan fingerprint density at radius 3 is 2.85 bits per heavy atom. The quantitative estimate of drug-likeness (QED) is 0.901. The van der Waals surface area contributed by atoms with Gasteiger partial charge in [0.2, 0.25) is 0 Å². The van der Waals surface area contributed by atoms with Crippen molar-refractivity contribution in [1.29, 1.82) is 0 Å². The summed E-state index contributed by atoms with van der Waals surface area (Å²) in [6.45, 7) is 5.61. The van der Waals surface area contributed by atoms with Gasteiger partial charge in [0.25, 0.3) is 0 Å². The maximum absolute atomic E-state index is 13.6. The summed E-state index contributed by atoms with van der Waals surface area (Å²) in [5.41, 5.74) is 7.71. The van der Waals surface area contributed by atoms with E-state index in [1.807, 2.05) is 6.07 Å². The molecule has 3 unspecified atom stereocenters. The van der Waals surface area contributed by atoms with E-state index in [9.17, 15) is 4.39 Å². The number of aryl methyl sites for hydroxylation is 1. The summed E-state index contributed by atoms with van der Waals surface area (Å²) in [6, 6.07) is 5.62. The normalized spacial score (nSPS) is 24.3. The highest BCUT2D eigenvalue weighted by Crippen LogP contribution is 2.21. The van der Waals surface area contributed by atoms with Crippen LogP contribution in [0.3, 0.4) is 0 Å². The van der Waals surface area contributed by atoms with Gasteiger partial charge in [-0.25, -0.2) is 4.39 Å². The zero-order valence-corrected chi connectivity index (χ0v) is 12.6. The van der Waals surface area contributed by atoms with Gasteiger partial charge < -0.3 is 15.4 Å². The summed E-state index contributed by atoms with van der Waals surface area (Å²) < 4.78 is 19.1. The van der Waals surface area contributed by atoms with Crippen molar-refractivity contribution < 1.29 is 9.13 Å². The Bertz CT molecular complexity index is 452. The van der Waals surface area contributed by atoms with Crippen molar-refractivity contribution in [3.05, 3.63) is 35.1 Å². The number of nitrogens with zero attached hydrogens (tertiary/aromatic N) is 1. The number of rotatable bonds is 5. The average Bonchev–Trinajstić information content (AvgIpc) is 2.85. The van der Waals surface area contributed by atoms with Crippen molar-refractivity contribution in [2.24, 2.45) is 5.73 Å². The van der Waals surface area contributed by atoms with Gasteiger partial charge in [-0.1, -0.05) is 12.1 Å². The van der Waals surface area contributed by atoms with Crippen molar-refractivity contribution in [3.63, 3.8) is 0 Å². The number of ether oxygens (including phenoxy) is 1. The smallest absolute Gasteiger partial charge is 0.126 e. The van der Waals surface area contributed by atoms with Crippen LogP contribution in [0.5, 0.6) is 0 Å². The van der Waals surface area contributed by atoms with Crippen LogP contribution in [0.25, 0.3) is 0 Å². The number of benzene rings is 1. The van der Waals surface area contributed by atoms with Crippen LogP contribution >= 0.6 is 0 Å². The van der Waals surface area contributed by atoms with Gasteiger partial charge in [0.05, 0.1) is 6.10 Å². The zero-order valence-electron chi connectivity index (χ0n) is 12.6. The largest absolute Gasteiger partial charge is 0.377 e. The predicted octanol–water partition coefficient (Wildman–Crippen LogP) is 2.63. The lowest BCUT2D eigenvalue weighted by atomic mass is 10.0. The van der Waals surface area contributed by atoms with E-state index in [2.05, 4.69) is 18.9 Å². The molecule has 2 N–H and O–H groups in total. The summed E-state index contributed by atoms with van der Waals surface area (Å²) in [4.78, 5) is 2.31. The predicted molar refractivity (Wildman–Crippen MR) is 79.1 cm³/mol. The van der Waals surface area contributed by atoms with Crippen molar-refractivity contribution in [3.8, 4) is 0 Å². The third kappa shape index (κ3) is 3.57. The van der Waals surface area contributed by atoms with Crippen molar-refractivity contribution in [1.82, 2.24) is 4.90 Å². The molecule has 112 valence electrons. The molecule has 0 aliphatic carbocycles.